The van der Waals surface area contributed by atoms with Gasteiger partial charge in [0.2, 0.25) is 0 Å². The molecule has 0 saturated carbocycles. The maximum Gasteiger partial charge on any atom is 0.255 e. The van der Waals surface area contributed by atoms with E-state index in [9.17, 15) is 4.79 Å². The standard InChI is InChI=1S/C21H22BrN3O4S/c1-11-18(20(26)24-15-7-6-13(27-2)10-17(15)29-4)19(25-21(30)23-11)14-9-12(22)5-8-16(14)28-3/h5-10,19H,1-4H3,(H,24,26)(H2,23,25,30). The van der Waals surface area contributed by atoms with Crippen LogP contribution in [0.1, 0.15) is 18.5 Å². The average molecular weight is 492 g/mol. The van der Waals surface area contributed by atoms with Crippen molar-refractivity contribution >= 4 is 44.9 Å². The van der Waals surface area contributed by atoms with Crippen LogP contribution in [0.15, 0.2) is 52.1 Å². The third-order valence-corrected chi connectivity index (χ3v) is 5.39. The van der Waals surface area contributed by atoms with Gasteiger partial charge in [-0.3, -0.25) is 4.79 Å². The molecule has 0 spiro atoms. The Bertz CT molecular complexity index is 1030. The summed E-state index contributed by atoms with van der Waals surface area (Å²) in [5.41, 5.74) is 2.44. The molecular formula is C21H22BrN3O4S. The molecule has 0 fully saturated rings. The topological polar surface area (TPSA) is 80.9 Å². The third kappa shape index (κ3) is 4.52. The van der Waals surface area contributed by atoms with Crippen LogP contribution in [0.25, 0.3) is 0 Å². The lowest BCUT2D eigenvalue weighted by Crippen LogP contribution is -2.45. The number of anilines is 1. The number of amides is 1. The van der Waals surface area contributed by atoms with Gasteiger partial charge in [0.05, 0.1) is 38.6 Å². The van der Waals surface area contributed by atoms with E-state index in [1.807, 2.05) is 25.1 Å². The Kier molecular flexibility index (Phi) is 6.84. The Morgan fingerprint density at radius 3 is 2.47 bits per heavy atom. The molecule has 1 aliphatic rings. The summed E-state index contributed by atoms with van der Waals surface area (Å²) in [5.74, 6) is 1.46. The zero-order valence-electron chi connectivity index (χ0n) is 17.0. The van der Waals surface area contributed by atoms with Crippen molar-refractivity contribution in [2.75, 3.05) is 26.6 Å². The van der Waals surface area contributed by atoms with Gasteiger partial charge >= 0.3 is 0 Å². The summed E-state index contributed by atoms with van der Waals surface area (Å²) in [6.07, 6.45) is 0. The number of allylic oxidation sites excluding steroid dienone is 1. The van der Waals surface area contributed by atoms with Crippen LogP contribution >= 0.6 is 28.1 Å². The minimum atomic E-state index is -0.504. The predicted molar refractivity (Wildman–Crippen MR) is 123 cm³/mol. The van der Waals surface area contributed by atoms with E-state index in [-0.39, 0.29) is 5.91 Å². The van der Waals surface area contributed by atoms with Gasteiger partial charge in [-0.1, -0.05) is 15.9 Å². The van der Waals surface area contributed by atoms with Crippen LogP contribution in [-0.2, 0) is 4.79 Å². The maximum atomic E-state index is 13.3. The third-order valence-electron chi connectivity index (χ3n) is 4.67. The minimum absolute atomic E-state index is 0.300. The number of halogens is 1. The smallest absolute Gasteiger partial charge is 0.255 e. The normalized spacial score (nSPS) is 15.8. The summed E-state index contributed by atoms with van der Waals surface area (Å²) in [6, 6.07) is 10.3. The van der Waals surface area contributed by atoms with Crippen molar-refractivity contribution in [2.45, 2.75) is 13.0 Å². The summed E-state index contributed by atoms with van der Waals surface area (Å²) in [7, 11) is 4.69. The Labute approximate surface area is 188 Å². The Morgan fingerprint density at radius 2 is 1.80 bits per heavy atom. The monoisotopic (exact) mass is 491 g/mol. The highest BCUT2D eigenvalue weighted by Crippen LogP contribution is 2.36. The Hall–Kier alpha value is -2.78. The first-order chi connectivity index (χ1) is 14.4. The van der Waals surface area contributed by atoms with Crippen LogP contribution < -0.4 is 30.2 Å². The molecular weight excluding hydrogens is 470 g/mol. The molecule has 1 unspecified atom stereocenters. The lowest BCUT2D eigenvalue weighted by atomic mass is 9.94. The molecule has 1 amide bonds. The Morgan fingerprint density at radius 1 is 1.07 bits per heavy atom. The molecule has 30 heavy (non-hydrogen) atoms. The summed E-state index contributed by atoms with van der Waals surface area (Å²) < 4.78 is 17.0. The number of benzene rings is 2. The highest BCUT2D eigenvalue weighted by atomic mass is 79.9. The molecule has 3 rings (SSSR count). The van der Waals surface area contributed by atoms with Gasteiger partial charge in [-0.2, -0.15) is 0 Å². The number of rotatable bonds is 6. The molecule has 0 saturated heterocycles. The van der Waals surface area contributed by atoms with E-state index >= 15 is 0 Å². The van der Waals surface area contributed by atoms with Gasteiger partial charge in [0.25, 0.3) is 5.91 Å². The van der Waals surface area contributed by atoms with E-state index in [0.717, 1.165) is 10.0 Å². The van der Waals surface area contributed by atoms with Gasteiger partial charge in [-0.15, -0.1) is 0 Å². The number of carbonyl (C=O) groups excluding carboxylic acids is 1. The van der Waals surface area contributed by atoms with E-state index in [1.165, 1.54) is 7.11 Å². The lowest BCUT2D eigenvalue weighted by Gasteiger charge is -2.31. The highest BCUT2D eigenvalue weighted by Gasteiger charge is 2.32. The van der Waals surface area contributed by atoms with E-state index in [0.29, 0.717) is 39.3 Å². The van der Waals surface area contributed by atoms with Crippen LogP contribution in [0.5, 0.6) is 17.2 Å². The number of carbonyl (C=O) groups is 1. The van der Waals surface area contributed by atoms with Crippen molar-refractivity contribution in [1.29, 1.82) is 0 Å². The van der Waals surface area contributed by atoms with Crippen molar-refractivity contribution in [3.05, 3.63) is 57.7 Å². The molecule has 1 heterocycles. The van der Waals surface area contributed by atoms with Gasteiger partial charge in [-0.25, -0.2) is 0 Å². The SMILES string of the molecule is COc1ccc(NC(=O)C2=C(C)NC(=S)NC2c2cc(Br)ccc2OC)c(OC)c1. The van der Waals surface area contributed by atoms with E-state index in [1.54, 1.807) is 32.4 Å². The molecule has 2 aromatic rings. The number of thiocarbonyl (C=S) groups is 1. The second-order valence-electron chi connectivity index (χ2n) is 6.48. The maximum absolute atomic E-state index is 13.3. The number of hydrogen-bond donors (Lipinski definition) is 3. The predicted octanol–water partition coefficient (Wildman–Crippen LogP) is 3.91. The fourth-order valence-corrected chi connectivity index (χ4v) is 3.90. The van der Waals surface area contributed by atoms with Crippen LogP contribution in [0, 0.1) is 0 Å². The molecule has 0 bridgehead atoms. The summed E-state index contributed by atoms with van der Waals surface area (Å²) in [4.78, 5) is 13.3. The molecule has 1 atom stereocenters. The van der Waals surface area contributed by atoms with Crippen molar-refractivity contribution in [2.24, 2.45) is 0 Å². The van der Waals surface area contributed by atoms with Crippen LogP contribution in [-0.4, -0.2) is 32.3 Å². The number of methoxy groups -OCH3 is 3. The number of ether oxygens (including phenoxy) is 3. The van der Waals surface area contributed by atoms with Gasteiger partial charge in [0.15, 0.2) is 5.11 Å². The quantitative estimate of drug-likeness (QED) is 0.528. The molecule has 9 heteroatoms. The minimum Gasteiger partial charge on any atom is -0.497 e. The zero-order chi connectivity index (χ0) is 21.8. The molecule has 7 nitrogen and oxygen atoms in total. The van der Waals surface area contributed by atoms with E-state index in [4.69, 9.17) is 26.4 Å². The second kappa shape index (κ2) is 9.36. The van der Waals surface area contributed by atoms with Crippen LogP contribution in [0.2, 0.25) is 0 Å². The van der Waals surface area contributed by atoms with Crippen molar-refractivity contribution < 1.29 is 19.0 Å². The van der Waals surface area contributed by atoms with Crippen molar-refractivity contribution in [3.8, 4) is 17.2 Å². The number of nitrogens with one attached hydrogen (secondary N) is 3. The first kappa shape index (κ1) is 21.9. The fraction of sp³-hybridized carbons (Fsp3) is 0.238. The highest BCUT2D eigenvalue weighted by molar-refractivity contribution is 9.10. The Balaban J connectivity index is 2.01. The summed E-state index contributed by atoms with van der Waals surface area (Å²) in [5, 5.41) is 9.56. The summed E-state index contributed by atoms with van der Waals surface area (Å²) in [6.45, 7) is 1.81. The first-order valence-electron chi connectivity index (χ1n) is 9.03. The van der Waals surface area contributed by atoms with E-state index < -0.39 is 6.04 Å². The van der Waals surface area contributed by atoms with Crippen LogP contribution in [0.3, 0.4) is 0 Å². The van der Waals surface area contributed by atoms with Gasteiger partial charge in [-0.05, 0) is 49.5 Å². The molecule has 158 valence electrons. The van der Waals surface area contributed by atoms with E-state index in [2.05, 4.69) is 31.9 Å². The molecule has 3 N–H and O–H groups in total. The van der Waals surface area contributed by atoms with Crippen molar-refractivity contribution in [1.82, 2.24) is 10.6 Å². The van der Waals surface area contributed by atoms with Gasteiger partial charge in [0, 0.05) is 21.8 Å². The van der Waals surface area contributed by atoms with Gasteiger partial charge in [0.1, 0.15) is 17.2 Å². The first-order valence-corrected chi connectivity index (χ1v) is 10.2. The number of hydrogen-bond acceptors (Lipinski definition) is 5. The largest absolute Gasteiger partial charge is 0.497 e. The zero-order valence-corrected chi connectivity index (χ0v) is 19.4. The molecule has 0 aromatic heterocycles. The van der Waals surface area contributed by atoms with Crippen LogP contribution in [0.4, 0.5) is 5.69 Å². The van der Waals surface area contributed by atoms with Gasteiger partial charge < -0.3 is 30.2 Å². The van der Waals surface area contributed by atoms with Crippen molar-refractivity contribution in [3.63, 3.8) is 0 Å². The second-order valence-corrected chi connectivity index (χ2v) is 7.80. The fourth-order valence-electron chi connectivity index (χ4n) is 3.25. The lowest BCUT2D eigenvalue weighted by molar-refractivity contribution is -0.113. The molecule has 0 radical (unpaired) electrons. The molecule has 1 aliphatic heterocycles. The molecule has 2 aromatic carbocycles. The summed E-state index contributed by atoms with van der Waals surface area (Å²) >= 11 is 8.82. The average Bonchev–Trinajstić information content (AvgIpc) is 2.73. The molecule has 0 aliphatic carbocycles.